The van der Waals surface area contributed by atoms with Crippen molar-refractivity contribution in [1.82, 2.24) is 95.0 Å². The first-order valence-corrected chi connectivity index (χ1v) is 31.6. The van der Waals surface area contributed by atoms with E-state index in [4.69, 9.17) is 13.8 Å². The largest absolute Gasteiger partial charge is 0.378 e. The summed E-state index contributed by atoms with van der Waals surface area (Å²) >= 11 is 0. The first kappa shape index (κ1) is 82.0. The van der Waals surface area contributed by atoms with Gasteiger partial charge in [-0.3, -0.25) is 24.0 Å². The number of aryl methyl sites for hydroxylation is 6. The summed E-state index contributed by atoms with van der Waals surface area (Å²) in [5.41, 5.74) is 10.4. The van der Waals surface area contributed by atoms with Crippen LogP contribution in [0.1, 0.15) is 229 Å². The topological polar surface area (TPSA) is 249 Å². The van der Waals surface area contributed by atoms with Crippen LogP contribution in [0.15, 0.2) is 71.1 Å². The first-order valence-electron chi connectivity index (χ1n) is 31.6. The minimum Gasteiger partial charge on any atom is -0.378 e. The van der Waals surface area contributed by atoms with Gasteiger partial charge in [0.15, 0.2) is 5.82 Å². The monoisotopic (exact) mass is 1260 g/mol. The summed E-state index contributed by atoms with van der Waals surface area (Å²) in [4.78, 5) is 26.5. The highest BCUT2D eigenvalue weighted by Crippen LogP contribution is 2.23. The Kier molecular flexibility index (Phi) is 33.3. The third-order valence-corrected chi connectivity index (χ3v) is 11.0. The van der Waals surface area contributed by atoms with Gasteiger partial charge in [0, 0.05) is 76.6 Å². The van der Waals surface area contributed by atoms with Crippen molar-refractivity contribution in [2.45, 2.75) is 259 Å². The summed E-state index contributed by atoms with van der Waals surface area (Å²) in [6.07, 6.45) is 19.1. The highest BCUT2D eigenvalue weighted by molar-refractivity contribution is 5.08. The maximum Gasteiger partial charge on any atom is 0.223 e. The normalized spacial score (nSPS) is 11.9. The maximum atomic E-state index is 4.96. The fourth-order valence-corrected chi connectivity index (χ4v) is 7.96. The van der Waals surface area contributed by atoms with Crippen molar-refractivity contribution in [3.63, 3.8) is 0 Å². The number of aromatic nitrogens is 19. The van der Waals surface area contributed by atoms with Crippen LogP contribution in [0.3, 0.4) is 0 Å². The van der Waals surface area contributed by atoms with Crippen molar-refractivity contribution in [3.05, 3.63) is 125 Å². The highest BCUT2D eigenvalue weighted by Gasteiger charge is 2.18. The number of rotatable bonds is 10. The molecule has 0 bridgehead atoms. The van der Waals surface area contributed by atoms with Crippen molar-refractivity contribution in [1.29, 1.82) is 0 Å². The van der Waals surface area contributed by atoms with E-state index in [1.54, 1.807) is 48.7 Å². The minimum absolute atomic E-state index is 0.232. The zero-order valence-electron chi connectivity index (χ0n) is 62.4. The molecule has 8 aromatic heterocycles. The molecule has 0 radical (unpaired) electrons. The lowest BCUT2D eigenvalue weighted by Crippen LogP contribution is -2.17. The van der Waals surface area contributed by atoms with E-state index in [9.17, 15) is 0 Å². The van der Waals surface area contributed by atoms with Gasteiger partial charge >= 0.3 is 0 Å². The molecule has 0 spiro atoms. The van der Waals surface area contributed by atoms with E-state index in [-0.39, 0.29) is 21.7 Å². The van der Waals surface area contributed by atoms with Crippen LogP contribution in [0.2, 0.25) is 0 Å². The molecule has 0 aromatic carbocycles. The van der Waals surface area contributed by atoms with Crippen LogP contribution >= 0.6 is 0 Å². The Morgan fingerprint density at radius 1 is 0.440 bits per heavy atom. The van der Waals surface area contributed by atoms with E-state index in [0.717, 1.165) is 109 Å². The molecule has 0 fully saturated rings. The number of hydrogen-bond donors (Lipinski definition) is 0. The van der Waals surface area contributed by atoms with Gasteiger partial charge in [-0.2, -0.15) is 25.1 Å². The molecule has 0 aliphatic heterocycles. The van der Waals surface area contributed by atoms with Crippen LogP contribution in [0, 0.1) is 77.9 Å². The third-order valence-electron chi connectivity index (χ3n) is 11.0. The van der Waals surface area contributed by atoms with Crippen LogP contribution < -0.4 is 0 Å². The van der Waals surface area contributed by atoms with Crippen molar-refractivity contribution in [2.24, 2.45) is 50.4 Å². The molecule has 0 amide bonds. The molecule has 8 heterocycles. The molecule has 510 valence electrons. The Balaban J connectivity index is 0.000000520. The van der Waals surface area contributed by atoms with E-state index >= 15 is 0 Å². The fraction of sp³-hybridized carbons (Fsp3) is 0.696. The molecule has 8 aromatic rings. The Morgan fingerprint density at radius 2 is 0.978 bits per heavy atom. The number of nitrogens with zero attached hydrogens (tertiary/aromatic N) is 19. The smallest absolute Gasteiger partial charge is 0.223 e. The summed E-state index contributed by atoms with van der Waals surface area (Å²) in [5, 5.41) is 35.9. The predicted molar refractivity (Wildman–Crippen MR) is 364 cm³/mol. The quantitative estimate of drug-likeness (QED) is 0.123. The van der Waals surface area contributed by atoms with Gasteiger partial charge in [-0.1, -0.05) is 187 Å². The van der Waals surface area contributed by atoms with Crippen LogP contribution in [0.5, 0.6) is 0 Å². The SMILES string of the molecule is CC(C)(C)Cn1cncn1.COCc1cn(CC(C)(C)C)nn1.Cc1cc(CC(C)(C)C)ncn1.Cc1cc(CC(C)(C)C)no1.Cc1cnc(CC(C)(C)C)cn1.Cc1cnn(CC(C)(C)C)n1.Cc1nc(CC(C)(C)C)no1.Cn1cc(CC(C)(C)C)nn1. The Bertz CT molecular complexity index is 2950. The van der Waals surface area contributed by atoms with Crippen LogP contribution in [-0.2, 0) is 70.1 Å². The molecule has 0 aliphatic rings. The second kappa shape index (κ2) is 36.9. The van der Waals surface area contributed by atoms with Gasteiger partial charge in [0.1, 0.15) is 30.4 Å². The van der Waals surface area contributed by atoms with Crippen molar-refractivity contribution in [2.75, 3.05) is 7.11 Å². The van der Waals surface area contributed by atoms with Gasteiger partial charge < -0.3 is 13.8 Å². The Hall–Kier alpha value is -6.97. The lowest BCUT2D eigenvalue weighted by molar-refractivity contribution is 0.181. The number of methoxy groups -OCH3 is 1. The van der Waals surface area contributed by atoms with Crippen LogP contribution in [0.25, 0.3) is 0 Å². The first-order chi connectivity index (χ1) is 41.4. The molecular weight excluding hydrogens is 1140 g/mol. The van der Waals surface area contributed by atoms with E-state index in [1.165, 1.54) is 0 Å². The summed E-state index contributed by atoms with van der Waals surface area (Å²) < 4.78 is 20.2. The average molecular weight is 1260 g/mol. The fourth-order valence-electron chi connectivity index (χ4n) is 7.96. The molecule has 0 saturated carbocycles. The number of hydrogen-bond acceptors (Lipinski definition) is 18. The molecule has 0 atom stereocenters. The zero-order valence-corrected chi connectivity index (χ0v) is 62.4. The zero-order chi connectivity index (χ0) is 69.8. The standard InChI is InChI=1S/2C10H16N2.C9H17N3O.C9H15NO.2C8H15N3.C8H14N2O.C7H13N3/c1-8-6-12-9(7-11-8)5-10(2,3)4;1-8-5-9(12-7-11-8)6-10(2,3)4;1-9(2,3)7-12-5-8(6-13-4)10-11-12;1-7-5-8(10-11-7)6-9(2,3)4;1-8(2,3)5-7-6-11(4)10-9-7;1-7-5-9-11(10-7)6-8(2,3)4;1-6-9-7(10-11-6)5-8(2,3)4;1-7(2,3)4-10-6-8-5-9-10/h6-7H,5H2,1-4H3;5,7H,6H2,1-4H3;5H,6-7H2,1-4H3;5H,6H2,1-4H3;6H,5H2,1-4H3;5H,6H2,1-4H3;5H2,1-4H3;5-6H,4H2,1-3H3. The molecule has 0 saturated heterocycles. The van der Waals surface area contributed by atoms with Crippen LogP contribution in [-0.4, -0.2) is 102 Å². The summed E-state index contributed by atoms with van der Waals surface area (Å²) in [7, 11) is 3.54. The number of ether oxygens (including phenoxy) is 1. The molecular formula is C69H121N19O3. The van der Waals surface area contributed by atoms with E-state index in [1.807, 2.05) is 81.0 Å². The molecule has 91 heavy (non-hydrogen) atoms. The van der Waals surface area contributed by atoms with Crippen molar-refractivity contribution in [3.8, 4) is 0 Å². The average Bonchev–Trinajstić information content (AvgIpc) is 4.11. The summed E-state index contributed by atoms with van der Waals surface area (Å²) in [6.45, 7) is 65.2. The molecule has 0 unspecified atom stereocenters. The van der Waals surface area contributed by atoms with Gasteiger partial charge in [0.25, 0.3) is 0 Å². The molecule has 22 heteroatoms. The van der Waals surface area contributed by atoms with Gasteiger partial charge in [0.2, 0.25) is 5.89 Å². The summed E-state index contributed by atoms with van der Waals surface area (Å²) in [6, 6.07) is 4.04. The van der Waals surface area contributed by atoms with E-state index in [2.05, 4.69) is 242 Å². The molecule has 22 nitrogen and oxygen atoms in total. The summed E-state index contributed by atoms with van der Waals surface area (Å²) in [5.74, 6) is 2.34. The minimum atomic E-state index is 0.232. The van der Waals surface area contributed by atoms with E-state index < -0.39 is 0 Å². The molecule has 0 N–H and O–H groups in total. The second-order valence-corrected chi connectivity index (χ2v) is 33.2. The Morgan fingerprint density at radius 3 is 1.40 bits per heavy atom. The van der Waals surface area contributed by atoms with Gasteiger partial charge in [-0.05, 0) is 103 Å². The Labute approximate surface area is 548 Å². The van der Waals surface area contributed by atoms with Crippen molar-refractivity contribution < 1.29 is 13.8 Å². The van der Waals surface area contributed by atoms with Crippen molar-refractivity contribution >= 4 is 0 Å². The molecule has 8 rings (SSSR count). The lowest BCUT2D eigenvalue weighted by Gasteiger charge is -2.16. The molecule has 0 aliphatic carbocycles. The van der Waals surface area contributed by atoms with Gasteiger partial charge in [-0.15, -0.1) is 10.2 Å². The maximum absolute atomic E-state index is 4.96. The van der Waals surface area contributed by atoms with E-state index in [0.29, 0.717) is 34.2 Å². The lowest BCUT2D eigenvalue weighted by atomic mass is 9.90. The highest BCUT2D eigenvalue weighted by atomic mass is 16.5. The third kappa shape index (κ3) is 46.7. The second-order valence-electron chi connectivity index (χ2n) is 33.2. The van der Waals surface area contributed by atoms with Crippen LogP contribution in [0.4, 0.5) is 0 Å². The van der Waals surface area contributed by atoms with Gasteiger partial charge in [-0.25, -0.2) is 15.0 Å². The predicted octanol–water partition coefficient (Wildman–Crippen LogP) is 15.1. The van der Waals surface area contributed by atoms with Gasteiger partial charge in [0.05, 0.1) is 54.0 Å².